The third-order valence-corrected chi connectivity index (χ3v) is 12.5. The van der Waals surface area contributed by atoms with Gasteiger partial charge in [-0.15, -0.1) is 11.3 Å². The first-order valence-electron chi connectivity index (χ1n) is 18.8. The van der Waals surface area contributed by atoms with Gasteiger partial charge < -0.3 is 9.47 Å². The van der Waals surface area contributed by atoms with E-state index < -0.39 is 0 Å². The van der Waals surface area contributed by atoms with Gasteiger partial charge in [0.25, 0.3) is 0 Å². The molecule has 1 atom stereocenters. The molecule has 0 amide bonds. The number of rotatable bonds is 5. The van der Waals surface area contributed by atoms with Crippen LogP contribution >= 0.6 is 11.3 Å². The molecule has 2 heterocycles. The summed E-state index contributed by atoms with van der Waals surface area (Å²) in [5, 5.41) is 10.2. The number of aromatic nitrogens is 1. The predicted molar refractivity (Wildman–Crippen MR) is 235 cm³/mol. The van der Waals surface area contributed by atoms with Crippen LogP contribution in [0.3, 0.4) is 0 Å². The van der Waals surface area contributed by atoms with Crippen molar-refractivity contribution in [3.63, 3.8) is 0 Å². The number of para-hydroxylation sites is 1. The summed E-state index contributed by atoms with van der Waals surface area (Å²) in [6, 6.07) is 60.7. The molecule has 0 saturated carbocycles. The zero-order valence-electron chi connectivity index (χ0n) is 29.9. The average molecular weight is 709 g/mol. The van der Waals surface area contributed by atoms with E-state index in [2.05, 4.69) is 198 Å². The Labute approximate surface area is 318 Å². The quantitative estimate of drug-likeness (QED) is 0.162. The summed E-state index contributed by atoms with van der Waals surface area (Å²) in [6.07, 6.45) is 7.83. The van der Waals surface area contributed by atoms with E-state index in [4.69, 9.17) is 0 Å². The van der Waals surface area contributed by atoms with E-state index in [0.717, 1.165) is 23.5 Å². The molecule has 0 N–H and O–H groups in total. The predicted octanol–water partition coefficient (Wildman–Crippen LogP) is 15.0. The second-order valence-electron chi connectivity index (χ2n) is 14.6. The lowest BCUT2D eigenvalue weighted by Gasteiger charge is -2.26. The highest BCUT2D eigenvalue weighted by atomic mass is 32.1. The highest BCUT2D eigenvalue weighted by molar-refractivity contribution is 7.25. The molecule has 8 aromatic carbocycles. The van der Waals surface area contributed by atoms with Crippen molar-refractivity contribution in [3.8, 4) is 11.1 Å². The zero-order valence-corrected chi connectivity index (χ0v) is 30.7. The number of hydrogen-bond donors (Lipinski definition) is 0. The number of fused-ring (bicyclic) bond motifs is 9. The Hall–Kier alpha value is -6.42. The summed E-state index contributed by atoms with van der Waals surface area (Å²) in [6.45, 7) is 2.33. The van der Waals surface area contributed by atoms with Crippen molar-refractivity contribution in [3.05, 3.63) is 182 Å². The average Bonchev–Trinajstić information content (AvgIpc) is 3.76. The number of thiophene rings is 1. The van der Waals surface area contributed by atoms with Crippen molar-refractivity contribution >= 4 is 97.6 Å². The largest absolute Gasteiger partial charge is 0.313 e. The van der Waals surface area contributed by atoms with Gasteiger partial charge in [0.15, 0.2) is 0 Å². The molecule has 0 fully saturated rings. The molecule has 2 aromatic heterocycles. The molecule has 1 unspecified atom stereocenters. The number of allylic oxidation sites excluding steroid dienone is 4. The molecule has 2 nitrogen and oxygen atoms in total. The maximum atomic E-state index is 2.49. The second kappa shape index (κ2) is 12.3. The van der Waals surface area contributed by atoms with E-state index in [1.54, 1.807) is 0 Å². The Morgan fingerprint density at radius 1 is 0.519 bits per heavy atom. The fraction of sp³-hybridized carbons (Fsp3) is 0.0588. The summed E-state index contributed by atoms with van der Waals surface area (Å²) in [5.41, 5.74) is 9.71. The minimum Gasteiger partial charge on any atom is -0.313 e. The Kier molecular flexibility index (Phi) is 7.11. The molecule has 54 heavy (non-hydrogen) atoms. The van der Waals surface area contributed by atoms with Crippen LogP contribution in [0.4, 0.5) is 17.1 Å². The molecular formula is C51H36N2S. The Bertz CT molecular complexity index is 3160. The summed E-state index contributed by atoms with van der Waals surface area (Å²) in [7, 11) is 0. The van der Waals surface area contributed by atoms with Gasteiger partial charge in [0.1, 0.15) is 0 Å². The molecule has 1 aliphatic rings. The summed E-state index contributed by atoms with van der Waals surface area (Å²) in [4.78, 5) is 2.44. The summed E-state index contributed by atoms with van der Waals surface area (Å²) < 4.78 is 5.11. The van der Waals surface area contributed by atoms with Crippen LogP contribution in [0.1, 0.15) is 13.3 Å². The van der Waals surface area contributed by atoms with E-state index in [1.165, 1.54) is 80.3 Å². The SMILES string of the molecule is CC1CC=CC=C1n1c2ccccc2c2cc(N(c3ccc(-c4cc5ccccc5c5ccccc45)cc3)c3ccc4sc5ccccc5c4c3)ccc21. The molecule has 0 radical (unpaired) electrons. The lowest BCUT2D eigenvalue weighted by atomic mass is 9.93. The first kappa shape index (κ1) is 31.1. The first-order chi connectivity index (χ1) is 26.7. The van der Waals surface area contributed by atoms with Gasteiger partial charge in [-0.2, -0.15) is 0 Å². The van der Waals surface area contributed by atoms with Crippen LogP contribution in [-0.2, 0) is 0 Å². The van der Waals surface area contributed by atoms with Crippen molar-refractivity contribution < 1.29 is 0 Å². The van der Waals surface area contributed by atoms with Gasteiger partial charge in [0.05, 0.1) is 11.0 Å². The number of hydrogen-bond acceptors (Lipinski definition) is 2. The van der Waals surface area contributed by atoms with Gasteiger partial charge in [-0.3, -0.25) is 0 Å². The normalized spacial score (nSPS) is 14.5. The van der Waals surface area contributed by atoms with Gasteiger partial charge in [0, 0.05) is 59.6 Å². The fourth-order valence-electron chi connectivity index (χ4n) is 8.79. The summed E-state index contributed by atoms with van der Waals surface area (Å²) >= 11 is 1.86. The van der Waals surface area contributed by atoms with E-state index in [0.29, 0.717) is 5.92 Å². The van der Waals surface area contributed by atoms with Crippen molar-refractivity contribution in [1.29, 1.82) is 0 Å². The minimum atomic E-state index is 0.440. The molecule has 0 spiro atoms. The highest BCUT2D eigenvalue weighted by Gasteiger charge is 2.21. The molecule has 10 aromatic rings. The van der Waals surface area contributed by atoms with Gasteiger partial charge in [-0.05, 0) is 112 Å². The molecular weight excluding hydrogens is 673 g/mol. The molecule has 1 aliphatic carbocycles. The van der Waals surface area contributed by atoms with E-state index in [-0.39, 0.29) is 0 Å². The molecule has 11 rings (SSSR count). The molecule has 256 valence electrons. The van der Waals surface area contributed by atoms with Crippen LogP contribution in [0.25, 0.3) is 80.3 Å². The maximum Gasteiger partial charge on any atom is 0.0539 e. The number of benzene rings is 8. The molecule has 0 saturated heterocycles. The fourth-order valence-corrected chi connectivity index (χ4v) is 9.88. The van der Waals surface area contributed by atoms with Crippen LogP contribution in [-0.4, -0.2) is 4.57 Å². The molecule has 3 heteroatoms. The minimum absolute atomic E-state index is 0.440. The monoisotopic (exact) mass is 708 g/mol. The van der Waals surface area contributed by atoms with Crippen LogP contribution in [0.2, 0.25) is 0 Å². The van der Waals surface area contributed by atoms with E-state index >= 15 is 0 Å². The topological polar surface area (TPSA) is 8.17 Å². The first-order valence-corrected chi connectivity index (χ1v) is 19.6. The van der Waals surface area contributed by atoms with Gasteiger partial charge in [-0.1, -0.05) is 116 Å². The lowest BCUT2D eigenvalue weighted by Crippen LogP contribution is -2.10. The van der Waals surface area contributed by atoms with Crippen molar-refractivity contribution in [2.24, 2.45) is 5.92 Å². The zero-order chi connectivity index (χ0) is 35.8. The molecule has 0 bridgehead atoms. The highest BCUT2D eigenvalue weighted by Crippen LogP contribution is 2.44. The lowest BCUT2D eigenvalue weighted by molar-refractivity contribution is 0.725. The van der Waals surface area contributed by atoms with Gasteiger partial charge in [0.2, 0.25) is 0 Å². The van der Waals surface area contributed by atoms with Crippen LogP contribution < -0.4 is 4.90 Å². The van der Waals surface area contributed by atoms with Crippen LogP contribution in [0.5, 0.6) is 0 Å². The number of nitrogens with zero attached hydrogens (tertiary/aromatic N) is 2. The van der Waals surface area contributed by atoms with Gasteiger partial charge in [-0.25, -0.2) is 0 Å². The smallest absolute Gasteiger partial charge is 0.0539 e. The van der Waals surface area contributed by atoms with Crippen LogP contribution in [0, 0.1) is 5.92 Å². The standard InChI is InChI=1S/C51H36N2S/c1-33-12-2-9-19-47(33)53-48-20-10-7-17-42(48)45-31-37(26-28-49(45)53)52(38-27-29-51-46(32-38)43-18-8-11-21-50(43)54-51)36-24-22-34(23-25-36)44-30-35-13-3-4-14-39(35)40-15-5-6-16-41(40)44/h2-11,13-33H,12H2,1H3. The van der Waals surface area contributed by atoms with E-state index in [9.17, 15) is 0 Å². The second-order valence-corrected chi connectivity index (χ2v) is 15.6. The van der Waals surface area contributed by atoms with Gasteiger partial charge >= 0.3 is 0 Å². The van der Waals surface area contributed by atoms with Crippen molar-refractivity contribution in [2.45, 2.75) is 13.3 Å². The third-order valence-electron chi connectivity index (χ3n) is 11.4. The summed E-state index contributed by atoms with van der Waals surface area (Å²) in [5.74, 6) is 0.440. The Morgan fingerprint density at radius 2 is 1.15 bits per heavy atom. The third kappa shape index (κ3) is 4.86. The van der Waals surface area contributed by atoms with Crippen molar-refractivity contribution in [1.82, 2.24) is 4.57 Å². The number of anilines is 3. The molecule has 0 aliphatic heterocycles. The maximum absolute atomic E-state index is 2.49. The van der Waals surface area contributed by atoms with Crippen LogP contribution in [0.15, 0.2) is 182 Å². The Balaban J connectivity index is 1.11. The Morgan fingerprint density at radius 3 is 1.98 bits per heavy atom. The van der Waals surface area contributed by atoms with E-state index in [1.807, 2.05) is 11.3 Å². The van der Waals surface area contributed by atoms with Crippen molar-refractivity contribution in [2.75, 3.05) is 4.90 Å².